The lowest BCUT2D eigenvalue weighted by Gasteiger charge is -2.35. The Hall–Kier alpha value is 0.570. The Balaban J connectivity index is 3.02. The maximum atomic E-state index is 10.6. The predicted octanol–water partition coefficient (Wildman–Crippen LogP) is 3.11. The number of allylic oxidation sites excluding steroid dienone is 2. The molecule has 12 heavy (non-hydrogen) atoms. The molecule has 1 rings (SSSR count). The molecule has 0 amide bonds. The molecule has 0 fully saturated rings. The monoisotopic (exact) mass is 246 g/mol. The molecular weight excluding hydrogens is 242 g/mol. The molecule has 0 aromatic heterocycles. The highest BCUT2D eigenvalue weighted by Crippen LogP contribution is 2.48. The average molecular weight is 248 g/mol. The fourth-order valence-electron chi connectivity index (χ4n) is 1.08. The maximum Gasteiger partial charge on any atom is 0.148 e. The van der Waals surface area contributed by atoms with Crippen molar-refractivity contribution in [3.8, 4) is 0 Å². The van der Waals surface area contributed by atoms with E-state index in [1.807, 2.05) is 0 Å². The van der Waals surface area contributed by atoms with Gasteiger partial charge >= 0.3 is 0 Å². The fourth-order valence-corrected chi connectivity index (χ4v) is 2.58. The van der Waals surface area contributed by atoms with Crippen LogP contribution in [0.4, 0.5) is 0 Å². The van der Waals surface area contributed by atoms with Crippen LogP contribution in [-0.2, 0) is 4.79 Å². The molecule has 0 spiro atoms. The minimum atomic E-state index is -1.29. The van der Waals surface area contributed by atoms with Crippen molar-refractivity contribution in [3.63, 3.8) is 0 Å². The molecule has 0 aliphatic heterocycles. The van der Waals surface area contributed by atoms with E-state index < -0.39 is 14.6 Å². The summed E-state index contributed by atoms with van der Waals surface area (Å²) in [4.78, 5) is 10.6. The van der Waals surface area contributed by atoms with Gasteiger partial charge in [0.2, 0.25) is 0 Å². The summed E-state index contributed by atoms with van der Waals surface area (Å²) in [5.74, 6) is -0.790. The van der Waals surface area contributed by atoms with E-state index in [-0.39, 0.29) is 0 Å². The molecule has 5 heteroatoms. The van der Waals surface area contributed by atoms with Crippen molar-refractivity contribution in [2.75, 3.05) is 0 Å². The summed E-state index contributed by atoms with van der Waals surface area (Å²) in [6.07, 6.45) is 4.16. The topological polar surface area (TPSA) is 17.1 Å². The zero-order valence-corrected chi connectivity index (χ0v) is 8.96. The number of aldehydes is 1. The molecule has 0 aromatic rings. The lowest BCUT2D eigenvalue weighted by Crippen LogP contribution is -2.41. The van der Waals surface area contributed by atoms with Gasteiger partial charge in [0.15, 0.2) is 0 Å². The van der Waals surface area contributed by atoms with Gasteiger partial charge in [-0.2, -0.15) is 0 Å². The van der Waals surface area contributed by atoms with Crippen molar-refractivity contribution in [2.45, 2.75) is 15.1 Å². The molecule has 1 atom stereocenters. The van der Waals surface area contributed by atoms with Gasteiger partial charge in [-0.3, -0.25) is 0 Å². The van der Waals surface area contributed by atoms with Crippen molar-refractivity contribution >= 4 is 52.7 Å². The highest BCUT2D eigenvalue weighted by atomic mass is 35.5. The van der Waals surface area contributed by atoms with Crippen molar-refractivity contribution in [2.24, 2.45) is 5.92 Å². The van der Waals surface area contributed by atoms with E-state index in [4.69, 9.17) is 46.4 Å². The molecule has 0 N–H and O–H groups in total. The van der Waals surface area contributed by atoms with Crippen molar-refractivity contribution in [1.82, 2.24) is 0 Å². The first-order valence-electron chi connectivity index (χ1n) is 3.29. The highest BCUT2D eigenvalue weighted by Gasteiger charge is 2.48. The van der Waals surface area contributed by atoms with Crippen LogP contribution in [0.15, 0.2) is 12.2 Å². The van der Waals surface area contributed by atoms with Gasteiger partial charge in [-0.15, -0.1) is 23.2 Å². The summed E-state index contributed by atoms with van der Waals surface area (Å²) in [7, 11) is 0. The predicted molar refractivity (Wildman–Crippen MR) is 52.2 cm³/mol. The average Bonchev–Trinajstić information content (AvgIpc) is 1.83. The van der Waals surface area contributed by atoms with E-state index in [0.29, 0.717) is 12.7 Å². The molecule has 1 aliphatic carbocycles. The molecule has 0 saturated carbocycles. The first-order valence-corrected chi connectivity index (χ1v) is 4.80. The van der Waals surface area contributed by atoms with Crippen LogP contribution in [0.3, 0.4) is 0 Å². The third-order valence-electron chi connectivity index (χ3n) is 1.74. The van der Waals surface area contributed by atoms with Crippen LogP contribution in [0.5, 0.6) is 0 Å². The fraction of sp³-hybridized carbons (Fsp3) is 0.571. The van der Waals surface area contributed by atoms with Crippen LogP contribution in [0, 0.1) is 5.92 Å². The lowest BCUT2D eigenvalue weighted by atomic mass is 9.93. The van der Waals surface area contributed by atoms with Crippen LogP contribution >= 0.6 is 46.4 Å². The van der Waals surface area contributed by atoms with Crippen LogP contribution in [-0.4, -0.2) is 15.0 Å². The Morgan fingerprint density at radius 3 is 2.25 bits per heavy atom. The van der Waals surface area contributed by atoms with Gasteiger partial charge in [-0.25, -0.2) is 0 Å². The zero-order chi connectivity index (χ0) is 9.41. The third-order valence-corrected chi connectivity index (χ3v) is 3.24. The SMILES string of the molecule is O=CC1C(Cl)(Cl)C=CCC1(Cl)Cl. The van der Waals surface area contributed by atoms with Gasteiger partial charge in [-0.1, -0.05) is 35.4 Å². The number of rotatable bonds is 1. The van der Waals surface area contributed by atoms with E-state index in [0.717, 1.165) is 0 Å². The number of hydrogen-bond acceptors (Lipinski definition) is 1. The summed E-state index contributed by atoms with van der Waals surface area (Å²) in [6.45, 7) is 0. The van der Waals surface area contributed by atoms with E-state index in [1.54, 1.807) is 6.08 Å². The minimum absolute atomic E-state index is 0.376. The molecule has 1 unspecified atom stereocenters. The molecule has 0 radical (unpaired) electrons. The Kier molecular flexibility index (Phi) is 3.00. The number of carbonyl (C=O) groups is 1. The largest absolute Gasteiger partial charge is 0.303 e. The normalized spacial score (nSPS) is 31.5. The molecule has 0 heterocycles. The second-order valence-corrected chi connectivity index (χ2v) is 5.64. The zero-order valence-electron chi connectivity index (χ0n) is 5.94. The smallest absolute Gasteiger partial charge is 0.148 e. The summed E-state index contributed by atoms with van der Waals surface area (Å²) in [6, 6.07) is 0. The van der Waals surface area contributed by atoms with E-state index >= 15 is 0 Å². The first kappa shape index (κ1) is 10.6. The van der Waals surface area contributed by atoms with Crippen LogP contribution in [0.1, 0.15) is 6.42 Å². The molecule has 1 nitrogen and oxygen atoms in total. The van der Waals surface area contributed by atoms with E-state index in [2.05, 4.69) is 0 Å². The molecule has 1 aliphatic rings. The van der Waals surface area contributed by atoms with Crippen molar-refractivity contribution in [3.05, 3.63) is 12.2 Å². The van der Waals surface area contributed by atoms with Gasteiger partial charge in [0, 0.05) is 0 Å². The number of alkyl halides is 4. The highest BCUT2D eigenvalue weighted by molar-refractivity contribution is 6.55. The first-order chi connectivity index (χ1) is 5.40. The summed E-state index contributed by atoms with van der Waals surface area (Å²) in [5, 5.41) is 0. The van der Waals surface area contributed by atoms with Gasteiger partial charge in [0.05, 0.1) is 5.92 Å². The van der Waals surface area contributed by atoms with E-state index in [1.165, 1.54) is 6.08 Å². The van der Waals surface area contributed by atoms with Gasteiger partial charge < -0.3 is 4.79 Å². The Morgan fingerprint density at radius 2 is 1.92 bits per heavy atom. The molecule has 68 valence electrons. The second-order valence-electron chi connectivity index (χ2n) is 2.66. The van der Waals surface area contributed by atoms with Crippen LogP contribution < -0.4 is 0 Å². The van der Waals surface area contributed by atoms with Gasteiger partial charge in [-0.05, 0) is 6.42 Å². The van der Waals surface area contributed by atoms with Crippen molar-refractivity contribution in [1.29, 1.82) is 0 Å². The standard InChI is InChI=1S/C7H6Cl4O/c8-6(9)2-1-3-7(10,11)5(6)4-12/h1-2,4-5H,3H2. The molecule has 0 aromatic carbocycles. The summed E-state index contributed by atoms with van der Waals surface area (Å²) in [5.41, 5.74) is 0. The summed E-state index contributed by atoms with van der Waals surface area (Å²) >= 11 is 23.3. The molecule has 0 saturated heterocycles. The number of hydrogen-bond donors (Lipinski definition) is 0. The van der Waals surface area contributed by atoms with Crippen molar-refractivity contribution < 1.29 is 4.79 Å². The van der Waals surface area contributed by atoms with Gasteiger partial charge in [0.1, 0.15) is 15.0 Å². The lowest BCUT2D eigenvalue weighted by molar-refractivity contribution is -0.111. The molecule has 0 bridgehead atoms. The number of carbonyl (C=O) groups excluding carboxylic acids is 1. The minimum Gasteiger partial charge on any atom is -0.303 e. The number of halogens is 4. The van der Waals surface area contributed by atoms with Crippen LogP contribution in [0.25, 0.3) is 0 Å². The third kappa shape index (κ3) is 1.90. The van der Waals surface area contributed by atoms with Gasteiger partial charge in [0.25, 0.3) is 0 Å². The second kappa shape index (κ2) is 3.38. The molecular formula is C7H6Cl4O. The Bertz CT molecular complexity index is 221. The maximum absolute atomic E-state index is 10.6. The van der Waals surface area contributed by atoms with E-state index in [9.17, 15) is 4.79 Å². The quantitative estimate of drug-likeness (QED) is 0.395. The Labute approximate surface area is 90.6 Å². The Morgan fingerprint density at radius 1 is 1.33 bits per heavy atom. The summed E-state index contributed by atoms with van der Waals surface area (Å²) < 4.78 is -2.48. The van der Waals surface area contributed by atoms with Crippen LogP contribution in [0.2, 0.25) is 0 Å².